The fraction of sp³-hybridized carbons (Fsp3) is 0.222. The molecule has 3 rings (SSSR count). The largest absolute Gasteiger partial charge is 0.497 e. The molecule has 5 nitrogen and oxygen atoms in total. The summed E-state index contributed by atoms with van der Waals surface area (Å²) >= 11 is 0. The first-order chi connectivity index (χ1) is 11.3. The summed E-state index contributed by atoms with van der Waals surface area (Å²) in [4.78, 5) is 0. The highest BCUT2D eigenvalue weighted by Gasteiger charge is 2.08. The van der Waals surface area contributed by atoms with Crippen LogP contribution in [0.4, 0.5) is 0 Å². The van der Waals surface area contributed by atoms with Crippen molar-refractivity contribution in [3.63, 3.8) is 0 Å². The van der Waals surface area contributed by atoms with Crippen molar-refractivity contribution in [2.75, 3.05) is 13.7 Å². The zero-order chi connectivity index (χ0) is 15.9. The maximum absolute atomic E-state index is 5.67. The van der Waals surface area contributed by atoms with Gasteiger partial charge in [-0.25, -0.2) is 0 Å². The van der Waals surface area contributed by atoms with Crippen LogP contribution in [0.5, 0.6) is 5.75 Å². The molecule has 0 radical (unpaired) electrons. The van der Waals surface area contributed by atoms with Crippen LogP contribution in [0.15, 0.2) is 59.0 Å². The maximum atomic E-state index is 5.67. The van der Waals surface area contributed by atoms with Crippen molar-refractivity contribution in [3.8, 4) is 17.2 Å². The van der Waals surface area contributed by atoms with Crippen LogP contribution in [-0.2, 0) is 13.0 Å². The van der Waals surface area contributed by atoms with E-state index < -0.39 is 0 Å². The van der Waals surface area contributed by atoms with Gasteiger partial charge in [0, 0.05) is 5.56 Å². The fourth-order valence-electron chi connectivity index (χ4n) is 2.25. The number of methoxy groups -OCH3 is 1. The van der Waals surface area contributed by atoms with Crippen LogP contribution in [0, 0.1) is 0 Å². The van der Waals surface area contributed by atoms with Crippen LogP contribution in [0.2, 0.25) is 0 Å². The van der Waals surface area contributed by atoms with Gasteiger partial charge in [-0.1, -0.05) is 30.3 Å². The zero-order valence-corrected chi connectivity index (χ0v) is 13.0. The molecule has 1 aromatic heterocycles. The van der Waals surface area contributed by atoms with Gasteiger partial charge in [-0.2, -0.15) is 0 Å². The molecule has 5 heteroatoms. The Kier molecular flexibility index (Phi) is 5.01. The molecular formula is C18H19N3O2. The van der Waals surface area contributed by atoms with Gasteiger partial charge in [0.2, 0.25) is 11.8 Å². The summed E-state index contributed by atoms with van der Waals surface area (Å²) in [6.45, 7) is 1.43. The summed E-state index contributed by atoms with van der Waals surface area (Å²) in [6, 6.07) is 17.9. The second kappa shape index (κ2) is 7.56. The molecule has 0 aliphatic carbocycles. The van der Waals surface area contributed by atoms with Crippen molar-refractivity contribution in [1.82, 2.24) is 15.5 Å². The molecule has 0 saturated heterocycles. The van der Waals surface area contributed by atoms with Crippen molar-refractivity contribution >= 4 is 0 Å². The fourth-order valence-corrected chi connectivity index (χ4v) is 2.25. The number of hydrogen-bond acceptors (Lipinski definition) is 5. The lowest BCUT2D eigenvalue weighted by Crippen LogP contribution is -2.16. The molecule has 3 aromatic rings. The van der Waals surface area contributed by atoms with Gasteiger partial charge >= 0.3 is 0 Å². The van der Waals surface area contributed by atoms with Gasteiger partial charge in [-0.05, 0) is 42.8 Å². The molecule has 0 aliphatic heterocycles. The van der Waals surface area contributed by atoms with Gasteiger partial charge in [0.15, 0.2) is 0 Å². The van der Waals surface area contributed by atoms with Crippen molar-refractivity contribution in [3.05, 3.63) is 66.1 Å². The van der Waals surface area contributed by atoms with E-state index in [1.54, 1.807) is 7.11 Å². The van der Waals surface area contributed by atoms with E-state index in [1.807, 2.05) is 30.3 Å². The normalized spacial score (nSPS) is 10.7. The maximum Gasteiger partial charge on any atom is 0.247 e. The third kappa shape index (κ3) is 4.17. The van der Waals surface area contributed by atoms with Crippen LogP contribution in [0.3, 0.4) is 0 Å². The lowest BCUT2D eigenvalue weighted by atomic mass is 10.1. The number of nitrogens with one attached hydrogen (secondary N) is 1. The van der Waals surface area contributed by atoms with E-state index in [0.29, 0.717) is 18.3 Å². The molecular weight excluding hydrogens is 290 g/mol. The van der Waals surface area contributed by atoms with E-state index >= 15 is 0 Å². The van der Waals surface area contributed by atoms with Crippen LogP contribution in [-0.4, -0.2) is 23.9 Å². The number of rotatable bonds is 7. The first-order valence-corrected chi connectivity index (χ1v) is 7.56. The van der Waals surface area contributed by atoms with Crippen molar-refractivity contribution in [1.29, 1.82) is 0 Å². The van der Waals surface area contributed by atoms with Crippen molar-refractivity contribution in [2.45, 2.75) is 13.0 Å². The molecule has 1 heterocycles. The number of benzene rings is 2. The van der Waals surface area contributed by atoms with E-state index in [2.05, 4.69) is 39.8 Å². The molecule has 118 valence electrons. The summed E-state index contributed by atoms with van der Waals surface area (Å²) in [7, 11) is 1.64. The average Bonchev–Trinajstić information content (AvgIpc) is 3.09. The molecule has 0 bridgehead atoms. The third-order valence-corrected chi connectivity index (χ3v) is 3.51. The highest BCUT2D eigenvalue weighted by Crippen LogP contribution is 2.20. The minimum Gasteiger partial charge on any atom is -0.497 e. The standard InChI is InChI=1S/C18H19N3O2/c1-22-16-9-7-15(8-10-16)18-21-20-17(23-18)13-19-12-11-14-5-3-2-4-6-14/h2-10,19H,11-13H2,1H3. The third-order valence-electron chi connectivity index (χ3n) is 3.51. The van der Waals surface area contributed by atoms with E-state index in [0.717, 1.165) is 24.3 Å². The van der Waals surface area contributed by atoms with Crippen LogP contribution in [0.1, 0.15) is 11.5 Å². The Labute approximate surface area is 135 Å². The average molecular weight is 309 g/mol. The SMILES string of the molecule is COc1ccc(-c2nnc(CNCCc3ccccc3)o2)cc1. The first kappa shape index (κ1) is 15.2. The second-order valence-electron chi connectivity index (χ2n) is 5.14. The summed E-state index contributed by atoms with van der Waals surface area (Å²) in [6.07, 6.45) is 0.973. The Morgan fingerprint density at radius 2 is 1.78 bits per heavy atom. The molecule has 0 amide bonds. The van der Waals surface area contributed by atoms with Gasteiger partial charge in [0.05, 0.1) is 13.7 Å². The Morgan fingerprint density at radius 3 is 2.52 bits per heavy atom. The van der Waals surface area contributed by atoms with Crippen molar-refractivity contribution in [2.24, 2.45) is 0 Å². The lowest BCUT2D eigenvalue weighted by molar-refractivity contribution is 0.415. The molecule has 1 N–H and O–H groups in total. The highest BCUT2D eigenvalue weighted by atomic mass is 16.5. The first-order valence-electron chi connectivity index (χ1n) is 7.56. The molecule has 0 aliphatic rings. The quantitative estimate of drug-likeness (QED) is 0.680. The summed E-state index contributed by atoms with van der Waals surface area (Å²) < 4.78 is 10.8. The number of ether oxygens (including phenoxy) is 1. The number of hydrogen-bond donors (Lipinski definition) is 1. The van der Waals surface area contributed by atoms with E-state index in [1.165, 1.54) is 5.56 Å². The minimum absolute atomic E-state index is 0.521. The predicted molar refractivity (Wildman–Crippen MR) is 88.1 cm³/mol. The smallest absolute Gasteiger partial charge is 0.247 e. The minimum atomic E-state index is 0.521. The van der Waals surface area contributed by atoms with E-state index in [9.17, 15) is 0 Å². The molecule has 0 atom stereocenters. The number of aromatic nitrogens is 2. The molecule has 0 fully saturated rings. The summed E-state index contributed by atoms with van der Waals surface area (Å²) in [5.74, 6) is 1.91. The molecule has 0 spiro atoms. The van der Waals surface area contributed by atoms with Crippen LogP contribution < -0.4 is 10.1 Å². The zero-order valence-electron chi connectivity index (χ0n) is 13.0. The summed E-state index contributed by atoms with van der Waals surface area (Å²) in [5.41, 5.74) is 2.19. The monoisotopic (exact) mass is 309 g/mol. The second-order valence-corrected chi connectivity index (χ2v) is 5.14. The van der Waals surface area contributed by atoms with Crippen LogP contribution >= 0.6 is 0 Å². The Bertz CT molecular complexity index is 724. The molecule has 23 heavy (non-hydrogen) atoms. The van der Waals surface area contributed by atoms with Gasteiger partial charge in [0.25, 0.3) is 0 Å². The topological polar surface area (TPSA) is 60.2 Å². The Hall–Kier alpha value is -2.66. The van der Waals surface area contributed by atoms with Crippen molar-refractivity contribution < 1.29 is 9.15 Å². The van der Waals surface area contributed by atoms with E-state index in [-0.39, 0.29) is 0 Å². The Balaban J connectivity index is 1.51. The lowest BCUT2D eigenvalue weighted by Gasteiger charge is -2.02. The van der Waals surface area contributed by atoms with Gasteiger partial charge in [0.1, 0.15) is 5.75 Å². The molecule has 0 saturated carbocycles. The van der Waals surface area contributed by atoms with E-state index in [4.69, 9.17) is 9.15 Å². The Morgan fingerprint density at radius 1 is 1.00 bits per heavy atom. The van der Waals surface area contributed by atoms with Gasteiger partial charge in [-0.15, -0.1) is 10.2 Å². The van der Waals surface area contributed by atoms with Crippen LogP contribution in [0.25, 0.3) is 11.5 Å². The molecule has 2 aromatic carbocycles. The molecule has 0 unspecified atom stereocenters. The highest BCUT2D eigenvalue weighted by molar-refractivity contribution is 5.53. The number of nitrogens with zero attached hydrogens (tertiary/aromatic N) is 2. The summed E-state index contributed by atoms with van der Waals surface area (Å²) in [5, 5.41) is 11.5. The van der Waals surface area contributed by atoms with Gasteiger partial charge in [-0.3, -0.25) is 0 Å². The predicted octanol–water partition coefficient (Wildman–Crippen LogP) is 3.08. The van der Waals surface area contributed by atoms with Gasteiger partial charge < -0.3 is 14.5 Å².